The molecule has 1 saturated carbocycles. The fourth-order valence-electron chi connectivity index (χ4n) is 3.48. The van der Waals surface area contributed by atoms with Gasteiger partial charge in [0.25, 0.3) is 0 Å². The molecule has 7 heteroatoms. The highest BCUT2D eigenvalue weighted by Crippen LogP contribution is 2.62. The zero-order chi connectivity index (χ0) is 15.3. The van der Waals surface area contributed by atoms with Gasteiger partial charge in [-0.2, -0.15) is 0 Å². The van der Waals surface area contributed by atoms with Crippen LogP contribution in [-0.2, 0) is 14.6 Å². The van der Waals surface area contributed by atoms with Crippen LogP contribution in [0.1, 0.15) is 11.5 Å². The highest BCUT2D eigenvalue weighted by molar-refractivity contribution is 7.91. The number of hydrogen-bond donors (Lipinski definition) is 1. The average Bonchev–Trinajstić information content (AvgIpc) is 2.88. The normalized spacial score (nSPS) is 30.4. The molecule has 0 amide bonds. The van der Waals surface area contributed by atoms with E-state index in [4.69, 9.17) is 19.9 Å². The molecule has 21 heavy (non-hydrogen) atoms. The van der Waals surface area contributed by atoms with Gasteiger partial charge in [-0.3, -0.25) is 0 Å². The second kappa shape index (κ2) is 4.86. The lowest BCUT2D eigenvalue weighted by Gasteiger charge is -2.14. The highest BCUT2D eigenvalue weighted by atomic mass is 32.2. The summed E-state index contributed by atoms with van der Waals surface area (Å²) in [4.78, 5) is 0. The van der Waals surface area contributed by atoms with Crippen LogP contribution in [0.5, 0.6) is 11.5 Å². The van der Waals surface area contributed by atoms with Crippen molar-refractivity contribution in [3.8, 4) is 11.5 Å². The van der Waals surface area contributed by atoms with Gasteiger partial charge in [-0.1, -0.05) is 6.07 Å². The Kier molecular flexibility index (Phi) is 3.38. The Morgan fingerprint density at radius 1 is 1.38 bits per heavy atom. The molecule has 1 heterocycles. The van der Waals surface area contributed by atoms with E-state index in [9.17, 15) is 8.42 Å². The largest absolute Gasteiger partial charge is 0.454 e. The molecule has 0 spiro atoms. The van der Waals surface area contributed by atoms with Gasteiger partial charge in [0.15, 0.2) is 21.3 Å². The van der Waals surface area contributed by atoms with Crippen molar-refractivity contribution >= 4 is 9.84 Å². The lowest BCUT2D eigenvalue weighted by molar-refractivity contribution is 0.142. The summed E-state index contributed by atoms with van der Waals surface area (Å²) in [5.74, 6) is 1.15. The van der Waals surface area contributed by atoms with E-state index in [2.05, 4.69) is 0 Å². The molecule has 0 radical (unpaired) electrons. The lowest BCUT2D eigenvalue weighted by atomic mass is 9.99. The maximum atomic E-state index is 12.1. The molecule has 1 aliphatic carbocycles. The maximum Gasteiger partial charge on any atom is 0.231 e. The first kappa shape index (κ1) is 14.6. The van der Waals surface area contributed by atoms with Gasteiger partial charge in [0, 0.05) is 31.2 Å². The van der Waals surface area contributed by atoms with Gasteiger partial charge >= 0.3 is 0 Å². The molecule has 1 aliphatic heterocycles. The summed E-state index contributed by atoms with van der Waals surface area (Å²) in [6.45, 7) is 0.775. The summed E-state index contributed by atoms with van der Waals surface area (Å²) in [6.07, 6.45) is 1.25. The van der Waals surface area contributed by atoms with Crippen LogP contribution in [0.3, 0.4) is 0 Å². The number of nitrogens with two attached hydrogens (primary N) is 1. The minimum atomic E-state index is -3.21. The van der Waals surface area contributed by atoms with Crippen LogP contribution in [0.25, 0.3) is 0 Å². The number of benzene rings is 1. The van der Waals surface area contributed by atoms with E-state index in [1.54, 1.807) is 7.11 Å². The van der Waals surface area contributed by atoms with Crippen LogP contribution in [0.4, 0.5) is 0 Å². The van der Waals surface area contributed by atoms with E-state index in [1.807, 2.05) is 18.2 Å². The average molecular weight is 313 g/mol. The van der Waals surface area contributed by atoms with Gasteiger partial charge in [-0.15, -0.1) is 0 Å². The minimum Gasteiger partial charge on any atom is -0.454 e. The van der Waals surface area contributed by atoms with Crippen molar-refractivity contribution in [1.29, 1.82) is 0 Å². The topological polar surface area (TPSA) is 87.9 Å². The monoisotopic (exact) mass is 313 g/mol. The molecular formula is C14H19NO5S. The first-order valence-corrected chi connectivity index (χ1v) is 8.67. The van der Waals surface area contributed by atoms with Gasteiger partial charge in [-0.05, 0) is 17.7 Å². The molecule has 3 atom stereocenters. The van der Waals surface area contributed by atoms with Crippen LogP contribution >= 0.6 is 0 Å². The molecule has 0 saturated heterocycles. The summed E-state index contributed by atoms with van der Waals surface area (Å²) in [7, 11) is -1.65. The Hall–Kier alpha value is -1.31. The van der Waals surface area contributed by atoms with Crippen LogP contribution in [-0.4, -0.2) is 47.0 Å². The van der Waals surface area contributed by atoms with Crippen molar-refractivity contribution in [2.75, 3.05) is 33.3 Å². The summed E-state index contributed by atoms with van der Waals surface area (Å²) in [5, 5.41) is -0.518. The third kappa shape index (κ3) is 2.20. The SMILES string of the molecule is COC[C@@]1(CN)[C@H](S(C)(=O)=O)[C@@H]1c1ccc2c(c1)OCO2. The van der Waals surface area contributed by atoms with Crippen molar-refractivity contribution in [2.45, 2.75) is 11.2 Å². The van der Waals surface area contributed by atoms with E-state index >= 15 is 0 Å². The Labute approximate surface area is 124 Å². The fraction of sp³-hybridized carbons (Fsp3) is 0.571. The van der Waals surface area contributed by atoms with Crippen molar-refractivity contribution < 1.29 is 22.6 Å². The molecule has 3 rings (SSSR count). The van der Waals surface area contributed by atoms with Crippen LogP contribution in [0.2, 0.25) is 0 Å². The van der Waals surface area contributed by atoms with Crippen molar-refractivity contribution in [3.05, 3.63) is 23.8 Å². The van der Waals surface area contributed by atoms with E-state index in [-0.39, 0.29) is 19.3 Å². The highest BCUT2D eigenvalue weighted by Gasteiger charge is 2.69. The van der Waals surface area contributed by atoms with Crippen LogP contribution in [0.15, 0.2) is 18.2 Å². The van der Waals surface area contributed by atoms with E-state index < -0.39 is 20.5 Å². The standard InChI is InChI=1S/C14H19NO5S/c1-18-7-14(6-15)12(13(14)21(2,16)17)9-3-4-10-11(5-9)20-8-19-10/h3-5,12-13H,6-8,15H2,1-2H3/t12-,13+,14+/m0/s1. The van der Waals surface area contributed by atoms with Crippen LogP contribution < -0.4 is 15.2 Å². The Morgan fingerprint density at radius 2 is 2.10 bits per heavy atom. The van der Waals surface area contributed by atoms with Crippen molar-refractivity contribution in [1.82, 2.24) is 0 Å². The summed E-state index contributed by atoms with van der Waals surface area (Å²) < 4.78 is 40.1. The van der Waals surface area contributed by atoms with Gasteiger partial charge < -0.3 is 19.9 Å². The second-order valence-corrected chi connectivity index (χ2v) is 7.88. The maximum absolute atomic E-state index is 12.1. The van der Waals surface area contributed by atoms with E-state index in [1.165, 1.54) is 6.26 Å². The Bertz CT molecular complexity index is 659. The number of hydrogen-bond acceptors (Lipinski definition) is 6. The second-order valence-electron chi connectivity index (χ2n) is 5.71. The molecule has 0 bridgehead atoms. The zero-order valence-electron chi connectivity index (χ0n) is 12.0. The van der Waals surface area contributed by atoms with Crippen LogP contribution in [0, 0.1) is 5.41 Å². The number of methoxy groups -OCH3 is 1. The Morgan fingerprint density at radius 3 is 2.71 bits per heavy atom. The number of rotatable bonds is 5. The molecular weight excluding hydrogens is 294 g/mol. The number of fused-ring (bicyclic) bond motifs is 1. The minimum absolute atomic E-state index is 0.174. The van der Waals surface area contributed by atoms with Gasteiger partial charge in [0.05, 0.1) is 11.9 Å². The zero-order valence-corrected chi connectivity index (χ0v) is 12.9. The predicted octanol–water partition coefficient (Wildman–Crippen LogP) is 0.517. The third-order valence-electron chi connectivity index (χ3n) is 4.39. The molecule has 2 aliphatic rings. The molecule has 2 N–H and O–H groups in total. The molecule has 1 aromatic rings. The first-order chi connectivity index (χ1) is 9.94. The molecule has 116 valence electrons. The summed E-state index contributed by atoms with van der Waals surface area (Å²) >= 11 is 0. The van der Waals surface area contributed by atoms with Gasteiger partial charge in [0.2, 0.25) is 6.79 Å². The molecule has 1 fully saturated rings. The molecule has 0 aromatic heterocycles. The summed E-state index contributed by atoms with van der Waals surface area (Å²) in [6, 6.07) is 5.53. The predicted molar refractivity (Wildman–Crippen MR) is 77.3 cm³/mol. The van der Waals surface area contributed by atoms with E-state index in [0.717, 1.165) is 5.56 Å². The molecule has 6 nitrogen and oxygen atoms in total. The quantitative estimate of drug-likeness (QED) is 0.852. The van der Waals surface area contributed by atoms with Crippen molar-refractivity contribution in [3.63, 3.8) is 0 Å². The van der Waals surface area contributed by atoms with Crippen molar-refractivity contribution in [2.24, 2.45) is 11.1 Å². The Balaban J connectivity index is 2.00. The first-order valence-electron chi connectivity index (χ1n) is 6.71. The molecule has 0 unspecified atom stereocenters. The van der Waals surface area contributed by atoms with Gasteiger partial charge in [-0.25, -0.2) is 8.42 Å². The molecule has 1 aromatic carbocycles. The van der Waals surface area contributed by atoms with Gasteiger partial charge in [0.1, 0.15) is 0 Å². The fourth-order valence-corrected chi connectivity index (χ4v) is 5.49. The smallest absolute Gasteiger partial charge is 0.231 e. The number of ether oxygens (including phenoxy) is 3. The summed E-state index contributed by atoms with van der Waals surface area (Å²) in [5.41, 5.74) is 6.22. The lowest BCUT2D eigenvalue weighted by Crippen LogP contribution is -2.28. The van der Waals surface area contributed by atoms with E-state index in [0.29, 0.717) is 18.1 Å². The third-order valence-corrected chi connectivity index (χ3v) is 6.05. The number of sulfone groups is 1.